The molecule has 0 bridgehead atoms. The summed E-state index contributed by atoms with van der Waals surface area (Å²) in [5.41, 5.74) is 12.7. The lowest BCUT2D eigenvalue weighted by molar-refractivity contribution is 0.174. The molecule has 0 aliphatic carbocycles. The van der Waals surface area contributed by atoms with Gasteiger partial charge >= 0.3 is 0 Å². The van der Waals surface area contributed by atoms with E-state index in [4.69, 9.17) is 20.9 Å². The molecule has 10 nitrogen and oxygen atoms in total. The van der Waals surface area contributed by atoms with Crippen molar-refractivity contribution in [3.8, 4) is 28.8 Å². The molecular formula is C20H16N6O4S2. The van der Waals surface area contributed by atoms with Crippen LogP contribution in [0.2, 0.25) is 0 Å². The summed E-state index contributed by atoms with van der Waals surface area (Å²) < 4.78 is 37.9. The third-order valence-electron chi connectivity index (χ3n) is 4.28. The Kier molecular flexibility index (Phi) is 5.67. The highest BCUT2D eigenvalue weighted by Crippen LogP contribution is 2.36. The van der Waals surface area contributed by atoms with E-state index in [1.54, 1.807) is 0 Å². The number of allylic oxidation sites excluding steroid dienone is 1. The second kappa shape index (κ2) is 8.58. The van der Waals surface area contributed by atoms with Gasteiger partial charge in [0.15, 0.2) is 11.5 Å². The van der Waals surface area contributed by atoms with Crippen molar-refractivity contribution < 1.29 is 17.9 Å². The lowest BCUT2D eigenvalue weighted by atomic mass is 10.1. The number of nitrogens with two attached hydrogens (primary N) is 2. The summed E-state index contributed by atoms with van der Waals surface area (Å²) in [6.45, 7) is 0.190. The van der Waals surface area contributed by atoms with Gasteiger partial charge in [0, 0.05) is 22.8 Å². The van der Waals surface area contributed by atoms with Crippen molar-refractivity contribution >= 4 is 38.6 Å². The van der Waals surface area contributed by atoms with Gasteiger partial charge in [-0.3, -0.25) is 0 Å². The van der Waals surface area contributed by atoms with E-state index in [1.165, 1.54) is 41.8 Å². The number of rotatable bonds is 6. The summed E-state index contributed by atoms with van der Waals surface area (Å²) in [5, 5.41) is 14.9. The Labute approximate surface area is 187 Å². The molecule has 0 saturated heterocycles. The van der Waals surface area contributed by atoms with E-state index in [9.17, 15) is 13.7 Å². The van der Waals surface area contributed by atoms with Crippen LogP contribution in [-0.4, -0.2) is 26.2 Å². The summed E-state index contributed by atoms with van der Waals surface area (Å²) in [6, 6.07) is 13.4. The van der Waals surface area contributed by atoms with Crippen LogP contribution < -0.4 is 26.3 Å². The second-order valence-corrected chi connectivity index (χ2v) is 8.90. The van der Waals surface area contributed by atoms with Crippen molar-refractivity contribution in [2.24, 2.45) is 15.9 Å². The van der Waals surface area contributed by atoms with E-state index in [-0.39, 0.29) is 11.7 Å². The molecular weight excluding hydrogens is 452 g/mol. The molecule has 5 N–H and O–H groups in total. The summed E-state index contributed by atoms with van der Waals surface area (Å²) >= 11 is 1.33. The zero-order valence-corrected chi connectivity index (χ0v) is 18.0. The standard InChI is InChI=1S/C20H16N6O4S2/c21-8-13(9-24-14-2-4-15(5-3-14)32(27,28)26-20(22)23)19-25-16(10-31-19)12-1-6-17-18(7-12)30-11-29-17/h1-7,9-10,24H,11H2,(H4,22,23,26)/b13-9+. The molecule has 32 heavy (non-hydrogen) atoms. The van der Waals surface area contributed by atoms with Crippen molar-refractivity contribution in [2.75, 3.05) is 12.1 Å². The predicted octanol–water partition coefficient (Wildman–Crippen LogP) is 2.48. The zero-order chi connectivity index (χ0) is 22.7. The van der Waals surface area contributed by atoms with Crippen LogP contribution in [0, 0.1) is 11.3 Å². The molecule has 0 radical (unpaired) electrons. The Morgan fingerprint density at radius 3 is 2.66 bits per heavy atom. The van der Waals surface area contributed by atoms with Crippen molar-refractivity contribution in [2.45, 2.75) is 4.90 Å². The van der Waals surface area contributed by atoms with Crippen molar-refractivity contribution in [1.82, 2.24) is 4.98 Å². The van der Waals surface area contributed by atoms with Gasteiger partial charge in [-0.25, -0.2) is 4.98 Å². The van der Waals surface area contributed by atoms with E-state index in [0.717, 1.165) is 5.56 Å². The first kappa shape index (κ1) is 21.2. The number of hydrogen-bond donors (Lipinski definition) is 3. The van der Waals surface area contributed by atoms with Gasteiger partial charge in [-0.2, -0.15) is 13.7 Å². The fourth-order valence-electron chi connectivity index (χ4n) is 2.80. The monoisotopic (exact) mass is 468 g/mol. The van der Waals surface area contributed by atoms with Crippen molar-refractivity contribution in [3.05, 3.63) is 59.1 Å². The molecule has 0 fully saturated rings. The van der Waals surface area contributed by atoms with Crippen LogP contribution in [-0.2, 0) is 10.0 Å². The van der Waals surface area contributed by atoms with Gasteiger partial charge in [0.25, 0.3) is 10.0 Å². The molecule has 4 rings (SSSR count). The number of aromatic nitrogens is 1. The lowest BCUT2D eigenvalue weighted by Gasteiger charge is -2.04. The lowest BCUT2D eigenvalue weighted by Crippen LogP contribution is -2.24. The maximum atomic E-state index is 12.0. The summed E-state index contributed by atoms with van der Waals surface area (Å²) in [7, 11) is -3.97. The molecule has 1 aliphatic heterocycles. The van der Waals surface area contributed by atoms with E-state index < -0.39 is 16.0 Å². The Morgan fingerprint density at radius 2 is 1.94 bits per heavy atom. The number of benzene rings is 2. The first-order valence-corrected chi connectivity index (χ1v) is 11.4. The van der Waals surface area contributed by atoms with Crippen LogP contribution in [0.3, 0.4) is 0 Å². The number of nitrogens with one attached hydrogen (secondary N) is 1. The Morgan fingerprint density at radius 1 is 1.19 bits per heavy atom. The van der Waals surface area contributed by atoms with Crippen molar-refractivity contribution in [1.29, 1.82) is 5.26 Å². The van der Waals surface area contributed by atoms with Crippen LogP contribution in [0.4, 0.5) is 5.69 Å². The number of fused-ring (bicyclic) bond motifs is 1. The quantitative estimate of drug-likeness (QED) is 0.280. The predicted molar refractivity (Wildman–Crippen MR) is 120 cm³/mol. The molecule has 0 saturated carbocycles. The highest BCUT2D eigenvalue weighted by Gasteiger charge is 2.16. The van der Waals surface area contributed by atoms with Crippen LogP contribution in [0.25, 0.3) is 16.8 Å². The molecule has 162 valence electrons. The average Bonchev–Trinajstić information content (AvgIpc) is 3.43. The average molecular weight is 469 g/mol. The fourth-order valence-corrected chi connectivity index (χ4v) is 4.46. The summed E-state index contributed by atoms with van der Waals surface area (Å²) in [6.07, 6.45) is 1.50. The molecule has 1 aliphatic rings. The SMILES string of the molecule is N#C/C(=C\Nc1ccc(S(=O)(=O)N=C(N)N)cc1)c1nc(-c2ccc3c(c2)OCO3)cs1. The first-order valence-electron chi connectivity index (χ1n) is 9.04. The summed E-state index contributed by atoms with van der Waals surface area (Å²) in [5.74, 6) is 0.792. The molecule has 0 amide bonds. The van der Waals surface area contributed by atoms with Crippen molar-refractivity contribution in [3.63, 3.8) is 0 Å². The van der Waals surface area contributed by atoms with Gasteiger partial charge in [0.05, 0.1) is 10.6 Å². The molecule has 0 spiro atoms. The topological polar surface area (TPSA) is 166 Å². The highest BCUT2D eigenvalue weighted by molar-refractivity contribution is 7.90. The zero-order valence-electron chi connectivity index (χ0n) is 16.3. The molecule has 2 heterocycles. The van der Waals surface area contributed by atoms with Gasteiger partial charge in [0.1, 0.15) is 16.6 Å². The fraction of sp³-hybridized carbons (Fsp3) is 0.0500. The number of hydrogen-bond acceptors (Lipinski definition) is 8. The Bertz CT molecular complexity index is 1370. The van der Waals surface area contributed by atoms with Gasteiger partial charge in [-0.05, 0) is 42.5 Å². The second-order valence-electron chi connectivity index (χ2n) is 6.44. The largest absolute Gasteiger partial charge is 0.454 e. The molecule has 12 heteroatoms. The maximum absolute atomic E-state index is 12.0. The van der Waals surface area contributed by atoms with Crippen LogP contribution in [0.1, 0.15) is 5.01 Å². The summed E-state index contributed by atoms with van der Waals surface area (Å²) in [4.78, 5) is 4.48. The van der Waals surface area contributed by atoms with E-state index in [1.807, 2.05) is 23.6 Å². The third kappa shape index (κ3) is 4.48. The number of nitriles is 1. The first-order chi connectivity index (χ1) is 15.4. The number of thiazole rings is 1. The smallest absolute Gasteiger partial charge is 0.285 e. The molecule has 2 aromatic carbocycles. The maximum Gasteiger partial charge on any atom is 0.285 e. The normalized spacial score (nSPS) is 12.8. The van der Waals surface area contributed by atoms with Gasteiger partial charge < -0.3 is 26.3 Å². The van der Waals surface area contributed by atoms with Crippen LogP contribution in [0.15, 0.2) is 63.3 Å². The van der Waals surface area contributed by atoms with E-state index in [0.29, 0.717) is 33.5 Å². The highest BCUT2D eigenvalue weighted by atomic mass is 32.2. The molecule has 3 aromatic rings. The van der Waals surface area contributed by atoms with Gasteiger partial charge in [-0.1, -0.05) is 0 Å². The van der Waals surface area contributed by atoms with E-state index >= 15 is 0 Å². The van der Waals surface area contributed by atoms with Crippen LogP contribution >= 0.6 is 11.3 Å². The molecule has 0 unspecified atom stereocenters. The minimum Gasteiger partial charge on any atom is -0.454 e. The third-order valence-corrected chi connectivity index (χ3v) is 6.48. The number of guanidine groups is 1. The minimum atomic E-state index is -3.97. The Hall–Kier alpha value is -4.08. The van der Waals surface area contributed by atoms with Crippen LogP contribution in [0.5, 0.6) is 11.5 Å². The molecule has 0 atom stereocenters. The minimum absolute atomic E-state index is 0.0609. The number of anilines is 1. The molecule has 1 aromatic heterocycles. The Balaban J connectivity index is 1.51. The number of ether oxygens (including phenoxy) is 2. The number of sulfonamides is 1. The van der Waals surface area contributed by atoms with Gasteiger partial charge in [0.2, 0.25) is 12.8 Å². The number of nitrogens with zero attached hydrogens (tertiary/aromatic N) is 3. The van der Waals surface area contributed by atoms with Gasteiger partial charge in [-0.15, -0.1) is 15.7 Å². The van der Waals surface area contributed by atoms with E-state index in [2.05, 4.69) is 20.8 Å².